The maximum atomic E-state index is 2.42. The summed E-state index contributed by atoms with van der Waals surface area (Å²) < 4.78 is 2.38. The van der Waals surface area contributed by atoms with E-state index in [4.69, 9.17) is 0 Å². The second-order valence-electron chi connectivity index (χ2n) is 9.89. The number of rotatable bonds is 1. The molecule has 3 aromatic carbocycles. The molecular weight excluding hydrogens is 326 g/mol. The molecule has 0 unspecified atom stereocenters. The quantitative estimate of drug-likeness (QED) is 0.426. The van der Waals surface area contributed by atoms with E-state index in [1.807, 2.05) is 0 Å². The van der Waals surface area contributed by atoms with Crippen molar-refractivity contribution in [3.05, 3.63) is 76.9 Å². The van der Waals surface area contributed by atoms with Crippen LogP contribution in [0.15, 0.2) is 54.6 Å². The molecule has 3 aromatic rings. The van der Waals surface area contributed by atoms with Gasteiger partial charge in [-0.25, -0.2) is 0 Å². The lowest BCUT2D eigenvalue weighted by Gasteiger charge is -2.25. The first-order valence-corrected chi connectivity index (χ1v) is 9.91. The van der Waals surface area contributed by atoms with Crippen LogP contribution in [0.4, 0.5) is 5.69 Å². The van der Waals surface area contributed by atoms with Gasteiger partial charge in [0, 0.05) is 28.6 Å². The van der Waals surface area contributed by atoms with Crippen LogP contribution < -0.4 is 0 Å². The molecule has 0 bridgehead atoms. The van der Waals surface area contributed by atoms with Gasteiger partial charge in [0.05, 0.1) is 0 Å². The van der Waals surface area contributed by atoms with E-state index < -0.39 is 0 Å². The Labute approximate surface area is 163 Å². The fourth-order valence-corrected chi connectivity index (χ4v) is 3.92. The van der Waals surface area contributed by atoms with Gasteiger partial charge in [0.1, 0.15) is 0 Å². The Morgan fingerprint density at radius 1 is 0.741 bits per heavy atom. The minimum Gasteiger partial charge on any atom is -0.194 e. The number of nitrogens with zero attached hydrogens (tertiary/aromatic N) is 1. The van der Waals surface area contributed by atoms with Crippen molar-refractivity contribution in [2.75, 3.05) is 0 Å². The molecule has 1 aliphatic rings. The third-order valence-corrected chi connectivity index (χ3v) is 5.62. The largest absolute Gasteiger partial charge is 0.205 e. The Morgan fingerprint density at radius 2 is 1.33 bits per heavy atom. The van der Waals surface area contributed by atoms with E-state index in [1.54, 1.807) is 0 Å². The highest BCUT2D eigenvalue weighted by Gasteiger charge is 2.26. The van der Waals surface area contributed by atoms with Crippen LogP contribution in [0.25, 0.3) is 10.8 Å². The third kappa shape index (κ3) is 3.32. The van der Waals surface area contributed by atoms with E-state index in [1.165, 1.54) is 38.7 Å². The number of para-hydroxylation sites is 1. The molecule has 0 fully saturated rings. The second-order valence-corrected chi connectivity index (χ2v) is 9.89. The summed E-state index contributed by atoms with van der Waals surface area (Å²) in [6, 6.07) is 20.3. The van der Waals surface area contributed by atoms with Crippen molar-refractivity contribution in [1.29, 1.82) is 0 Å². The van der Waals surface area contributed by atoms with Crippen molar-refractivity contribution in [3.63, 3.8) is 0 Å². The van der Waals surface area contributed by atoms with Gasteiger partial charge in [0.25, 0.3) is 0 Å². The van der Waals surface area contributed by atoms with E-state index in [2.05, 4.69) is 107 Å². The van der Waals surface area contributed by atoms with Crippen molar-refractivity contribution >= 4 is 22.7 Å². The first-order valence-electron chi connectivity index (χ1n) is 9.91. The van der Waals surface area contributed by atoms with Crippen LogP contribution in [-0.2, 0) is 17.4 Å². The molecule has 0 aliphatic carbocycles. The van der Waals surface area contributed by atoms with Crippen molar-refractivity contribution < 1.29 is 4.58 Å². The lowest BCUT2D eigenvalue weighted by Crippen LogP contribution is -2.19. The van der Waals surface area contributed by atoms with Crippen LogP contribution in [0.2, 0.25) is 0 Å². The molecule has 1 heterocycles. The predicted octanol–water partition coefficient (Wildman–Crippen LogP) is 6.71. The molecular formula is C26H30N+. The topological polar surface area (TPSA) is 3.01 Å². The molecule has 0 saturated heterocycles. The molecule has 0 N–H and O–H groups in total. The van der Waals surface area contributed by atoms with Gasteiger partial charge in [0.15, 0.2) is 12.8 Å². The zero-order valence-electron chi connectivity index (χ0n) is 17.4. The van der Waals surface area contributed by atoms with Crippen LogP contribution in [0.1, 0.15) is 63.8 Å². The monoisotopic (exact) mass is 356 g/mol. The highest BCUT2D eigenvalue weighted by Crippen LogP contribution is 2.36. The van der Waals surface area contributed by atoms with Gasteiger partial charge in [-0.2, -0.15) is 4.58 Å². The number of hydrogen-bond donors (Lipinski definition) is 0. The Morgan fingerprint density at radius 3 is 1.93 bits per heavy atom. The maximum Gasteiger partial charge on any atom is 0.205 e. The van der Waals surface area contributed by atoms with Gasteiger partial charge < -0.3 is 0 Å². The fourth-order valence-electron chi connectivity index (χ4n) is 3.92. The molecule has 0 spiro atoms. The predicted molar refractivity (Wildman–Crippen MR) is 117 cm³/mol. The van der Waals surface area contributed by atoms with Crippen molar-refractivity contribution in [1.82, 2.24) is 0 Å². The average molecular weight is 357 g/mol. The molecule has 0 radical (unpaired) electrons. The minimum absolute atomic E-state index is 0.130. The summed E-state index contributed by atoms with van der Waals surface area (Å²) in [6.07, 6.45) is 2.33. The first kappa shape index (κ1) is 18.0. The van der Waals surface area contributed by atoms with Crippen LogP contribution >= 0.6 is 0 Å². The van der Waals surface area contributed by atoms with Crippen molar-refractivity contribution in [3.8, 4) is 0 Å². The van der Waals surface area contributed by atoms with Gasteiger partial charge in [-0.15, -0.1) is 0 Å². The van der Waals surface area contributed by atoms with E-state index in [-0.39, 0.29) is 10.8 Å². The summed E-state index contributed by atoms with van der Waals surface area (Å²) in [5.74, 6) is 0. The Kier molecular flexibility index (Phi) is 4.03. The molecule has 0 atom stereocenters. The molecule has 1 nitrogen and oxygen atoms in total. The zero-order valence-corrected chi connectivity index (χ0v) is 17.4. The van der Waals surface area contributed by atoms with Crippen LogP contribution in [0.3, 0.4) is 0 Å². The molecule has 138 valence electrons. The van der Waals surface area contributed by atoms with E-state index in [0.717, 1.165) is 6.54 Å². The zero-order chi connectivity index (χ0) is 19.4. The molecule has 0 saturated carbocycles. The highest BCUT2D eigenvalue weighted by molar-refractivity contribution is 6.02. The maximum absolute atomic E-state index is 2.42. The lowest BCUT2D eigenvalue weighted by atomic mass is 9.80. The summed E-state index contributed by atoms with van der Waals surface area (Å²) >= 11 is 0. The average Bonchev–Trinajstić information content (AvgIpc) is 2.60. The van der Waals surface area contributed by atoms with Crippen LogP contribution in [0.5, 0.6) is 0 Å². The summed E-state index contributed by atoms with van der Waals surface area (Å²) in [6.45, 7) is 14.7. The van der Waals surface area contributed by atoms with E-state index in [0.29, 0.717) is 0 Å². The summed E-state index contributed by atoms with van der Waals surface area (Å²) in [4.78, 5) is 0. The van der Waals surface area contributed by atoms with Gasteiger partial charge in [0.2, 0.25) is 5.69 Å². The van der Waals surface area contributed by atoms with Crippen molar-refractivity contribution in [2.24, 2.45) is 0 Å². The molecule has 0 amide bonds. The molecule has 0 aromatic heterocycles. The number of hydrogen-bond acceptors (Lipinski definition) is 0. The highest BCUT2D eigenvalue weighted by atomic mass is 15.0. The third-order valence-electron chi connectivity index (χ3n) is 5.62. The standard InChI is InChI=1S/C26H30N/c1-25(2,3)21-12-18-13-22(26(4,5)6)15-20-17-27(16-19(14-21)24(18)20)23-10-8-7-9-11-23/h7-16H,17H2,1-6H3/q+1. The van der Waals surface area contributed by atoms with Gasteiger partial charge in [-0.3, -0.25) is 0 Å². The molecule has 1 heteroatoms. The van der Waals surface area contributed by atoms with E-state index >= 15 is 0 Å². The summed E-state index contributed by atoms with van der Waals surface area (Å²) in [5.41, 5.74) is 7.10. The first-order chi connectivity index (χ1) is 12.6. The Balaban J connectivity index is 2.01. The van der Waals surface area contributed by atoms with Crippen LogP contribution in [0, 0.1) is 0 Å². The van der Waals surface area contributed by atoms with Gasteiger partial charge in [-0.1, -0.05) is 71.9 Å². The number of benzene rings is 3. The van der Waals surface area contributed by atoms with E-state index in [9.17, 15) is 0 Å². The summed E-state index contributed by atoms with van der Waals surface area (Å²) in [5, 5.41) is 2.80. The minimum atomic E-state index is 0.130. The van der Waals surface area contributed by atoms with Gasteiger partial charge >= 0.3 is 0 Å². The Bertz CT molecular complexity index is 1040. The second kappa shape index (κ2) is 6.05. The Hall–Kier alpha value is -2.41. The fraction of sp³-hybridized carbons (Fsp3) is 0.346. The SMILES string of the molecule is CC(C)(C)c1cc2c3c(cc(C(C)(C)C)cc3c1)C[N+](c1ccccc1)=C2. The molecule has 4 rings (SSSR count). The molecule has 27 heavy (non-hydrogen) atoms. The van der Waals surface area contributed by atoms with Crippen LogP contribution in [-0.4, -0.2) is 10.8 Å². The van der Waals surface area contributed by atoms with Gasteiger partial charge in [-0.05, 0) is 39.5 Å². The smallest absolute Gasteiger partial charge is 0.194 e. The normalized spacial score (nSPS) is 14.4. The molecule has 1 aliphatic heterocycles. The van der Waals surface area contributed by atoms with Crippen molar-refractivity contribution in [2.45, 2.75) is 58.9 Å². The summed E-state index contributed by atoms with van der Waals surface area (Å²) in [7, 11) is 0. The lowest BCUT2D eigenvalue weighted by molar-refractivity contribution is -0.453.